The SMILES string of the molecule is O=C1ON=CC1=NN(Cl)c1ccccc1. The van der Waals surface area contributed by atoms with Crippen molar-refractivity contribution in [2.75, 3.05) is 4.53 Å². The number of hydrazone groups is 1. The van der Waals surface area contributed by atoms with Crippen molar-refractivity contribution in [1.82, 2.24) is 0 Å². The molecule has 76 valence electrons. The molecule has 0 fully saturated rings. The smallest absolute Gasteiger partial charge is 0.311 e. The predicted octanol–water partition coefficient (Wildman–Crippen LogP) is 1.55. The van der Waals surface area contributed by atoms with Crippen LogP contribution in [0.1, 0.15) is 0 Å². The maximum Gasteiger partial charge on any atom is 0.387 e. The molecule has 0 amide bonds. The first-order valence-corrected chi connectivity index (χ1v) is 4.45. The second kappa shape index (κ2) is 4.10. The van der Waals surface area contributed by atoms with E-state index in [0.29, 0.717) is 5.69 Å². The predicted molar refractivity (Wildman–Crippen MR) is 56.8 cm³/mol. The summed E-state index contributed by atoms with van der Waals surface area (Å²) in [5, 5.41) is 7.12. The fourth-order valence-corrected chi connectivity index (χ4v) is 1.19. The number of hydrogen-bond donors (Lipinski definition) is 0. The molecular weight excluding hydrogens is 218 g/mol. The van der Waals surface area contributed by atoms with Crippen LogP contribution in [-0.4, -0.2) is 17.9 Å². The molecule has 1 aliphatic heterocycles. The fraction of sp³-hybridized carbons (Fsp3) is 0. The summed E-state index contributed by atoms with van der Waals surface area (Å²) in [6.45, 7) is 0. The Balaban J connectivity index is 2.19. The highest BCUT2D eigenvalue weighted by Crippen LogP contribution is 2.16. The van der Waals surface area contributed by atoms with Gasteiger partial charge in [0.15, 0.2) is 5.71 Å². The van der Waals surface area contributed by atoms with Gasteiger partial charge in [-0.25, -0.2) is 4.79 Å². The highest BCUT2D eigenvalue weighted by Gasteiger charge is 2.18. The molecule has 0 unspecified atom stereocenters. The van der Waals surface area contributed by atoms with Crippen molar-refractivity contribution in [2.24, 2.45) is 10.3 Å². The van der Waals surface area contributed by atoms with E-state index < -0.39 is 5.97 Å². The number of nitrogens with zero attached hydrogens (tertiary/aromatic N) is 3. The van der Waals surface area contributed by atoms with Crippen LogP contribution in [0.5, 0.6) is 0 Å². The van der Waals surface area contributed by atoms with Crippen LogP contribution in [0.3, 0.4) is 0 Å². The number of carbonyl (C=O) groups is 1. The minimum Gasteiger partial charge on any atom is -0.311 e. The third kappa shape index (κ3) is 2.13. The van der Waals surface area contributed by atoms with Gasteiger partial charge in [0.25, 0.3) is 0 Å². The Morgan fingerprint density at radius 3 is 2.67 bits per heavy atom. The van der Waals surface area contributed by atoms with Crippen LogP contribution in [0, 0.1) is 0 Å². The molecule has 0 N–H and O–H groups in total. The molecular formula is C9H6ClN3O2. The molecule has 0 aromatic heterocycles. The summed E-state index contributed by atoms with van der Waals surface area (Å²) in [7, 11) is 0. The van der Waals surface area contributed by atoms with E-state index in [2.05, 4.69) is 15.1 Å². The fourth-order valence-electron chi connectivity index (χ4n) is 0.994. The first-order chi connectivity index (χ1) is 7.27. The molecule has 0 saturated heterocycles. The molecule has 1 heterocycles. The molecule has 0 aliphatic carbocycles. The Hall–Kier alpha value is -1.88. The maximum absolute atomic E-state index is 11.0. The van der Waals surface area contributed by atoms with Crippen molar-refractivity contribution >= 4 is 35.4 Å². The van der Waals surface area contributed by atoms with Gasteiger partial charge in [-0.15, -0.1) is 5.10 Å². The van der Waals surface area contributed by atoms with Gasteiger partial charge in [-0.05, 0) is 12.1 Å². The number of anilines is 1. The van der Waals surface area contributed by atoms with Crippen molar-refractivity contribution in [3.05, 3.63) is 30.3 Å². The summed E-state index contributed by atoms with van der Waals surface area (Å²) in [6, 6.07) is 8.99. The summed E-state index contributed by atoms with van der Waals surface area (Å²) >= 11 is 5.83. The molecule has 1 aliphatic rings. The minimum atomic E-state index is -0.614. The normalized spacial score (nSPS) is 16.9. The van der Waals surface area contributed by atoms with E-state index in [1.165, 1.54) is 6.21 Å². The Morgan fingerprint density at radius 1 is 1.33 bits per heavy atom. The van der Waals surface area contributed by atoms with Gasteiger partial charge in [0.2, 0.25) is 0 Å². The molecule has 15 heavy (non-hydrogen) atoms. The minimum absolute atomic E-state index is 0.0638. The molecule has 2 rings (SSSR count). The zero-order valence-electron chi connectivity index (χ0n) is 7.50. The van der Waals surface area contributed by atoms with Gasteiger partial charge >= 0.3 is 5.97 Å². The van der Waals surface area contributed by atoms with E-state index in [9.17, 15) is 4.79 Å². The van der Waals surface area contributed by atoms with Crippen molar-refractivity contribution in [2.45, 2.75) is 0 Å². The van der Waals surface area contributed by atoms with Crippen molar-refractivity contribution < 1.29 is 9.63 Å². The van der Waals surface area contributed by atoms with Crippen LogP contribution in [0.15, 0.2) is 40.6 Å². The number of halogens is 1. The van der Waals surface area contributed by atoms with E-state index in [4.69, 9.17) is 11.8 Å². The molecule has 1 aromatic rings. The molecule has 0 atom stereocenters. The first-order valence-electron chi connectivity index (χ1n) is 4.11. The highest BCUT2D eigenvalue weighted by atomic mass is 35.5. The first kappa shape index (κ1) is 9.67. The van der Waals surface area contributed by atoms with Crippen LogP contribution in [0.25, 0.3) is 0 Å². The van der Waals surface area contributed by atoms with E-state index in [1.54, 1.807) is 12.1 Å². The summed E-state index contributed by atoms with van der Waals surface area (Å²) in [6.07, 6.45) is 1.21. The molecule has 0 saturated carbocycles. The van der Waals surface area contributed by atoms with Crippen LogP contribution in [-0.2, 0) is 9.63 Å². The quantitative estimate of drug-likeness (QED) is 0.434. The van der Waals surface area contributed by atoms with Gasteiger partial charge in [-0.1, -0.05) is 23.4 Å². The van der Waals surface area contributed by atoms with Gasteiger partial charge in [0, 0.05) is 11.8 Å². The second-order valence-corrected chi connectivity index (χ2v) is 3.01. The highest BCUT2D eigenvalue weighted by molar-refractivity contribution is 6.61. The monoisotopic (exact) mass is 223 g/mol. The van der Waals surface area contributed by atoms with Crippen LogP contribution >= 0.6 is 11.8 Å². The average molecular weight is 224 g/mol. The lowest BCUT2D eigenvalue weighted by molar-refractivity contribution is -0.134. The number of para-hydroxylation sites is 1. The van der Waals surface area contributed by atoms with Crippen LogP contribution in [0.4, 0.5) is 5.69 Å². The number of carbonyl (C=O) groups excluding carboxylic acids is 1. The Morgan fingerprint density at radius 2 is 2.07 bits per heavy atom. The van der Waals surface area contributed by atoms with Gasteiger partial charge < -0.3 is 4.84 Å². The Bertz CT molecular complexity index is 430. The zero-order valence-corrected chi connectivity index (χ0v) is 8.26. The lowest BCUT2D eigenvalue weighted by atomic mass is 10.3. The summed E-state index contributed by atoms with van der Waals surface area (Å²) in [5.74, 6) is -0.614. The Kier molecular flexibility index (Phi) is 2.64. The van der Waals surface area contributed by atoms with E-state index >= 15 is 0 Å². The molecule has 0 radical (unpaired) electrons. The second-order valence-electron chi connectivity index (χ2n) is 2.69. The molecule has 5 nitrogen and oxygen atoms in total. The van der Waals surface area contributed by atoms with Gasteiger partial charge in [0.05, 0.1) is 5.69 Å². The van der Waals surface area contributed by atoms with Gasteiger partial charge in [0.1, 0.15) is 6.21 Å². The van der Waals surface area contributed by atoms with Crippen molar-refractivity contribution in [3.8, 4) is 0 Å². The number of rotatable bonds is 2. The molecule has 6 heteroatoms. The van der Waals surface area contributed by atoms with E-state index in [-0.39, 0.29) is 5.71 Å². The maximum atomic E-state index is 11.0. The van der Waals surface area contributed by atoms with Crippen molar-refractivity contribution in [3.63, 3.8) is 0 Å². The van der Waals surface area contributed by atoms with Crippen LogP contribution in [0.2, 0.25) is 0 Å². The molecule has 0 spiro atoms. The molecule has 1 aromatic carbocycles. The summed E-state index contributed by atoms with van der Waals surface area (Å²) in [5.41, 5.74) is 0.716. The number of hydrogen-bond acceptors (Lipinski definition) is 5. The third-order valence-electron chi connectivity index (χ3n) is 1.68. The standard InChI is InChI=1S/C9H6ClN3O2/c10-13(7-4-2-1-3-5-7)12-8-6-11-15-9(8)14/h1-6H. The molecule has 0 bridgehead atoms. The lowest BCUT2D eigenvalue weighted by Gasteiger charge is -2.08. The van der Waals surface area contributed by atoms with Gasteiger partial charge in [-0.3, -0.25) is 0 Å². The zero-order chi connectivity index (χ0) is 10.7. The van der Waals surface area contributed by atoms with Crippen LogP contribution < -0.4 is 4.53 Å². The lowest BCUT2D eigenvalue weighted by Crippen LogP contribution is -2.14. The number of benzene rings is 1. The van der Waals surface area contributed by atoms with E-state index in [1.807, 2.05) is 18.2 Å². The number of oxime groups is 1. The topological polar surface area (TPSA) is 54.3 Å². The third-order valence-corrected chi connectivity index (χ3v) is 1.96. The van der Waals surface area contributed by atoms with Crippen molar-refractivity contribution in [1.29, 1.82) is 0 Å². The van der Waals surface area contributed by atoms with Gasteiger partial charge in [-0.2, -0.15) is 4.53 Å². The largest absolute Gasteiger partial charge is 0.387 e. The summed E-state index contributed by atoms with van der Waals surface area (Å²) in [4.78, 5) is 15.3. The summed E-state index contributed by atoms with van der Waals surface area (Å²) < 4.78 is 1.06. The van der Waals surface area contributed by atoms with E-state index in [0.717, 1.165) is 4.53 Å². The average Bonchev–Trinajstić information content (AvgIpc) is 2.66. The Labute approximate surface area is 90.7 Å².